The lowest BCUT2D eigenvalue weighted by molar-refractivity contribution is -0.139. The van der Waals surface area contributed by atoms with Crippen molar-refractivity contribution in [2.75, 3.05) is 10.8 Å². The summed E-state index contributed by atoms with van der Waals surface area (Å²) in [5.74, 6) is -0.866. The second-order valence-electron chi connectivity index (χ2n) is 10.6. The van der Waals surface area contributed by atoms with Crippen LogP contribution >= 0.6 is 34.8 Å². The van der Waals surface area contributed by atoms with Crippen LogP contribution in [0.4, 0.5) is 5.69 Å². The predicted octanol–water partition coefficient (Wildman–Crippen LogP) is 7.02. The van der Waals surface area contributed by atoms with Crippen LogP contribution in [0, 0.1) is 6.92 Å². The van der Waals surface area contributed by atoms with Gasteiger partial charge >= 0.3 is 0 Å². The molecule has 0 heterocycles. The van der Waals surface area contributed by atoms with Gasteiger partial charge < -0.3 is 10.2 Å². The number of anilines is 1. The number of amides is 2. The molecule has 0 unspecified atom stereocenters. The maximum Gasteiger partial charge on any atom is 0.264 e. The quantitative estimate of drug-likeness (QED) is 0.256. The van der Waals surface area contributed by atoms with Crippen LogP contribution in [0.1, 0.15) is 50.2 Å². The van der Waals surface area contributed by atoms with E-state index in [2.05, 4.69) is 5.32 Å². The highest BCUT2D eigenvalue weighted by Crippen LogP contribution is 2.28. The first kappa shape index (κ1) is 32.1. The number of sulfonamides is 1. The highest BCUT2D eigenvalue weighted by Gasteiger charge is 2.33. The lowest BCUT2D eigenvalue weighted by Gasteiger charge is -2.33. The van der Waals surface area contributed by atoms with Crippen LogP contribution in [0.25, 0.3) is 0 Å². The number of hydrogen-bond acceptors (Lipinski definition) is 4. The smallest absolute Gasteiger partial charge is 0.264 e. The lowest BCUT2D eigenvalue weighted by atomic mass is 9.95. The Balaban J connectivity index is 1.69. The van der Waals surface area contributed by atoms with E-state index in [9.17, 15) is 18.0 Å². The Morgan fingerprint density at radius 3 is 2.24 bits per heavy atom. The molecule has 7 nitrogen and oxygen atoms in total. The number of hydrogen-bond donors (Lipinski definition) is 1. The van der Waals surface area contributed by atoms with Crippen molar-refractivity contribution in [3.05, 3.63) is 92.9 Å². The van der Waals surface area contributed by atoms with Crippen molar-refractivity contribution >= 4 is 62.3 Å². The van der Waals surface area contributed by atoms with Gasteiger partial charge in [-0.2, -0.15) is 0 Å². The molecule has 3 aromatic rings. The Labute approximate surface area is 262 Å². The number of aryl methyl sites for hydroxylation is 1. The van der Waals surface area contributed by atoms with Gasteiger partial charge in [0.05, 0.1) is 10.6 Å². The fraction of sp³-hybridized carbons (Fsp3) is 0.355. The minimum Gasteiger partial charge on any atom is -0.352 e. The Hall–Kier alpha value is -2.78. The lowest BCUT2D eigenvalue weighted by Crippen LogP contribution is -2.53. The normalized spacial score (nSPS) is 14.7. The topological polar surface area (TPSA) is 86.8 Å². The first-order valence-electron chi connectivity index (χ1n) is 13.8. The Morgan fingerprint density at radius 1 is 0.929 bits per heavy atom. The molecule has 42 heavy (non-hydrogen) atoms. The first-order chi connectivity index (χ1) is 20.0. The third kappa shape index (κ3) is 7.98. The van der Waals surface area contributed by atoms with Crippen LogP contribution in [0.2, 0.25) is 15.1 Å². The van der Waals surface area contributed by atoms with Crippen LogP contribution in [0.15, 0.2) is 71.6 Å². The summed E-state index contributed by atoms with van der Waals surface area (Å²) in [7, 11) is -4.19. The van der Waals surface area contributed by atoms with E-state index < -0.39 is 28.5 Å². The molecule has 224 valence electrons. The molecule has 1 atom stereocenters. The van der Waals surface area contributed by atoms with Gasteiger partial charge in [0.25, 0.3) is 10.0 Å². The molecule has 0 radical (unpaired) electrons. The van der Waals surface area contributed by atoms with E-state index in [0.29, 0.717) is 26.3 Å². The Bertz CT molecular complexity index is 1530. The third-order valence-corrected chi connectivity index (χ3v) is 10.1. The number of carbonyl (C=O) groups excluding carboxylic acids is 2. The zero-order chi connectivity index (χ0) is 30.4. The van der Waals surface area contributed by atoms with Gasteiger partial charge in [-0.05, 0) is 86.3 Å². The fourth-order valence-corrected chi connectivity index (χ4v) is 7.03. The van der Waals surface area contributed by atoms with Crippen LogP contribution < -0.4 is 9.62 Å². The number of halogens is 3. The number of benzene rings is 3. The zero-order valence-electron chi connectivity index (χ0n) is 23.5. The first-order valence-corrected chi connectivity index (χ1v) is 16.4. The van der Waals surface area contributed by atoms with E-state index >= 15 is 0 Å². The summed E-state index contributed by atoms with van der Waals surface area (Å²) in [5.41, 5.74) is 1.72. The molecule has 1 aliphatic carbocycles. The molecule has 11 heteroatoms. The standard InChI is InChI=1S/C31H34Cl3N3O4S/c1-21-7-6-10-27(17-21)37(42(40,41)28-15-13-24(32)14-16-28)20-30(38)36(19-23-11-12-25(33)18-29(23)34)22(2)31(39)35-26-8-4-3-5-9-26/h6-7,10-18,22,26H,3-5,8-9,19-20H2,1-2H3,(H,35,39)/t22-/m0/s1. The van der Waals surface area contributed by atoms with Gasteiger partial charge in [-0.25, -0.2) is 8.42 Å². The van der Waals surface area contributed by atoms with Gasteiger partial charge in [-0.3, -0.25) is 13.9 Å². The summed E-state index contributed by atoms with van der Waals surface area (Å²) >= 11 is 18.6. The van der Waals surface area contributed by atoms with Gasteiger partial charge in [0.15, 0.2) is 0 Å². The van der Waals surface area contributed by atoms with Crippen molar-refractivity contribution in [2.45, 2.75) is 69.5 Å². The zero-order valence-corrected chi connectivity index (χ0v) is 26.6. The average Bonchev–Trinajstić information content (AvgIpc) is 2.95. The third-order valence-electron chi connectivity index (χ3n) is 7.44. The number of nitrogens with zero attached hydrogens (tertiary/aromatic N) is 2. The van der Waals surface area contributed by atoms with Crippen LogP contribution in [-0.4, -0.2) is 43.8 Å². The minimum absolute atomic E-state index is 0.0170. The van der Waals surface area contributed by atoms with Crippen LogP contribution in [-0.2, 0) is 26.2 Å². The molecular weight excluding hydrogens is 617 g/mol. The van der Waals surface area contributed by atoms with E-state index in [1.807, 2.05) is 13.0 Å². The summed E-state index contributed by atoms with van der Waals surface area (Å²) in [6, 6.07) is 16.7. The monoisotopic (exact) mass is 649 g/mol. The van der Waals surface area contributed by atoms with Crippen molar-refractivity contribution in [1.29, 1.82) is 0 Å². The largest absolute Gasteiger partial charge is 0.352 e. The average molecular weight is 651 g/mol. The van der Waals surface area contributed by atoms with E-state index in [-0.39, 0.29) is 23.4 Å². The van der Waals surface area contributed by atoms with Gasteiger partial charge in [-0.15, -0.1) is 0 Å². The molecule has 0 saturated heterocycles. The summed E-state index contributed by atoms with van der Waals surface area (Å²) in [6.45, 7) is 2.92. The van der Waals surface area contributed by atoms with E-state index in [4.69, 9.17) is 34.8 Å². The molecular formula is C31H34Cl3N3O4S. The number of carbonyl (C=O) groups is 2. The second kappa shape index (κ2) is 14.1. The molecule has 1 aliphatic rings. The molecule has 0 bridgehead atoms. The van der Waals surface area contributed by atoms with E-state index in [0.717, 1.165) is 42.0 Å². The number of rotatable bonds is 10. The maximum atomic E-state index is 14.1. The second-order valence-corrected chi connectivity index (χ2v) is 13.7. The molecule has 1 N–H and O–H groups in total. The molecule has 0 spiro atoms. The van der Waals surface area contributed by atoms with Crippen molar-refractivity contribution in [3.8, 4) is 0 Å². The summed E-state index contributed by atoms with van der Waals surface area (Å²) in [6.07, 6.45) is 4.98. The summed E-state index contributed by atoms with van der Waals surface area (Å²) in [5, 5.41) is 4.24. The molecule has 1 fully saturated rings. The minimum atomic E-state index is -4.19. The van der Waals surface area contributed by atoms with Gasteiger partial charge in [-0.1, -0.05) is 72.3 Å². The predicted molar refractivity (Wildman–Crippen MR) is 169 cm³/mol. The van der Waals surface area contributed by atoms with E-state index in [1.54, 1.807) is 43.3 Å². The van der Waals surface area contributed by atoms with Gasteiger partial charge in [0.2, 0.25) is 11.8 Å². The van der Waals surface area contributed by atoms with Crippen molar-refractivity contribution in [3.63, 3.8) is 0 Å². The Kier molecular flexibility index (Phi) is 10.8. The molecule has 0 aromatic heterocycles. The SMILES string of the molecule is Cc1cccc(N(CC(=O)N(Cc2ccc(Cl)cc2Cl)[C@@H](C)C(=O)NC2CCCCC2)S(=O)(=O)c2ccc(Cl)cc2)c1. The summed E-state index contributed by atoms with van der Waals surface area (Å²) in [4.78, 5) is 28.9. The van der Waals surface area contributed by atoms with Gasteiger partial charge in [0.1, 0.15) is 12.6 Å². The molecule has 2 amide bonds. The van der Waals surface area contributed by atoms with Crippen molar-refractivity contribution in [2.24, 2.45) is 0 Å². The molecule has 4 rings (SSSR count). The van der Waals surface area contributed by atoms with E-state index in [1.165, 1.54) is 29.2 Å². The fourth-order valence-electron chi connectivity index (χ4n) is 5.03. The van der Waals surface area contributed by atoms with Crippen molar-refractivity contribution < 1.29 is 18.0 Å². The molecule has 1 saturated carbocycles. The molecule has 0 aliphatic heterocycles. The molecule has 3 aromatic carbocycles. The van der Waals surface area contributed by atoms with Crippen molar-refractivity contribution in [1.82, 2.24) is 10.2 Å². The highest BCUT2D eigenvalue weighted by molar-refractivity contribution is 7.92. The highest BCUT2D eigenvalue weighted by atomic mass is 35.5. The van der Waals surface area contributed by atoms with Crippen LogP contribution in [0.5, 0.6) is 0 Å². The Morgan fingerprint density at radius 2 is 1.60 bits per heavy atom. The van der Waals surface area contributed by atoms with Gasteiger partial charge in [0, 0.05) is 27.7 Å². The number of nitrogens with one attached hydrogen (secondary N) is 1. The van der Waals surface area contributed by atoms with Crippen LogP contribution in [0.3, 0.4) is 0 Å². The maximum absolute atomic E-state index is 14.1. The summed E-state index contributed by atoms with van der Waals surface area (Å²) < 4.78 is 28.9.